The molecule has 0 aliphatic heterocycles. The Hall–Kier alpha value is -2.74. The zero-order valence-electron chi connectivity index (χ0n) is 12.9. The number of rotatable bonds is 5. The highest BCUT2D eigenvalue weighted by atomic mass is 79.9. The molecule has 0 bridgehead atoms. The van der Waals surface area contributed by atoms with E-state index >= 15 is 0 Å². The second kappa shape index (κ2) is 7.69. The number of ether oxygens (including phenoxy) is 1. The molecule has 0 aliphatic rings. The van der Waals surface area contributed by atoms with Crippen molar-refractivity contribution >= 4 is 33.2 Å². The van der Waals surface area contributed by atoms with Crippen molar-refractivity contribution in [2.75, 3.05) is 7.11 Å². The van der Waals surface area contributed by atoms with E-state index in [-0.39, 0.29) is 11.3 Å². The van der Waals surface area contributed by atoms with E-state index in [9.17, 15) is 14.9 Å². The van der Waals surface area contributed by atoms with E-state index in [1.807, 2.05) is 12.1 Å². The van der Waals surface area contributed by atoms with Crippen LogP contribution in [0.15, 0.2) is 52.0 Å². The first-order valence-electron chi connectivity index (χ1n) is 6.85. The highest BCUT2D eigenvalue weighted by Crippen LogP contribution is 2.25. The van der Waals surface area contributed by atoms with Crippen LogP contribution in [0.4, 0.5) is 5.69 Å². The fourth-order valence-corrected chi connectivity index (χ4v) is 2.46. The molecule has 0 heterocycles. The molecule has 0 radical (unpaired) electrons. The Morgan fingerprint density at radius 2 is 2.00 bits per heavy atom. The van der Waals surface area contributed by atoms with Crippen molar-refractivity contribution in [3.8, 4) is 5.75 Å². The molecule has 0 aliphatic carbocycles. The summed E-state index contributed by atoms with van der Waals surface area (Å²) in [5, 5.41) is 14.8. The summed E-state index contributed by atoms with van der Waals surface area (Å²) >= 11 is 3.38. The van der Waals surface area contributed by atoms with Crippen LogP contribution >= 0.6 is 15.9 Å². The Labute approximate surface area is 146 Å². The van der Waals surface area contributed by atoms with Crippen molar-refractivity contribution < 1.29 is 14.5 Å². The average molecular weight is 392 g/mol. The molecule has 0 atom stereocenters. The molecular formula is C16H14BrN3O4. The Balaban J connectivity index is 2.14. The van der Waals surface area contributed by atoms with E-state index < -0.39 is 10.8 Å². The first-order valence-corrected chi connectivity index (χ1v) is 7.64. The van der Waals surface area contributed by atoms with E-state index in [4.69, 9.17) is 4.74 Å². The van der Waals surface area contributed by atoms with Crippen LogP contribution in [0.3, 0.4) is 0 Å². The predicted molar refractivity (Wildman–Crippen MR) is 93.5 cm³/mol. The maximum atomic E-state index is 12.1. The third kappa shape index (κ3) is 4.17. The quantitative estimate of drug-likeness (QED) is 0.479. The molecule has 124 valence electrons. The number of amides is 1. The number of nitrogens with zero attached hydrogens (tertiary/aromatic N) is 2. The van der Waals surface area contributed by atoms with E-state index in [2.05, 4.69) is 26.5 Å². The van der Waals surface area contributed by atoms with Crippen LogP contribution in [0.5, 0.6) is 5.75 Å². The highest BCUT2D eigenvalue weighted by molar-refractivity contribution is 9.10. The summed E-state index contributed by atoms with van der Waals surface area (Å²) in [7, 11) is 1.57. The van der Waals surface area contributed by atoms with Gasteiger partial charge in [0.2, 0.25) is 0 Å². The lowest BCUT2D eigenvalue weighted by molar-refractivity contribution is -0.384. The van der Waals surface area contributed by atoms with Gasteiger partial charge in [-0.3, -0.25) is 14.9 Å². The number of hydrogen-bond acceptors (Lipinski definition) is 5. The first-order chi connectivity index (χ1) is 11.4. The van der Waals surface area contributed by atoms with Crippen molar-refractivity contribution in [3.05, 3.63) is 68.2 Å². The minimum Gasteiger partial charge on any atom is -0.496 e. The lowest BCUT2D eigenvalue weighted by Crippen LogP contribution is -2.19. The molecule has 2 aromatic carbocycles. The van der Waals surface area contributed by atoms with E-state index in [1.165, 1.54) is 24.3 Å². The van der Waals surface area contributed by atoms with Crippen LogP contribution in [-0.2, 0) is 0 Å². The molecule has 0 spiro atoms. The molecule has 2 aromatic rings. The number of hydrogen-bond donors (Lipinski definition) is 1. The second-order valence-corrected chi connectivity index (χ2v) is 5.65. The molecule has 0 saturated carbocycles. The van der Waals surface area contributed by atoms with E-state index in [0.29, 0.717) is 11.5 Å². The van der Waals surface area contributed by atoms with Gasteiger partial charge in [-0.25, -0.2) is 5.43 Å². The van der Waals surface area contributed by atoms with Gasteiger partial charge in [-0.2, -0.15) is 5.10 Å². The number of nitrogens with one attached hydrogen (secondary N) is 1. The number of nitro groups is 1. The van der Waals surface area contributed by atoms with Crippen molar-refractivity contribution in [1.29, 1.82) is 0 Å². The minimum atomic E-state index is -0.555. The van der Waals surface area contributed by atoms with Gasteiger partial charge in [-0.15, -0.1) is 0 Å². The number of hydrazone groups is 1. The number of carbonyl (C=O) groups is 1. The molecule has 8 heteroatoms. The van der Waals surface area contributed by atoms with Gasteiger partial charge < -0.3 is 4.74 Å². The van der Waals surface area contributed by atoms with Gasteiger partial charge >= 0.3 is 0 Å². The van der Waals surface area contributed by atoms with E-state index in [1.54, 1.807) is 20.1 Å². The summed E-state index contributed by atoms with van der Waals surface area (Å²) in [4.78, 5) is 22.2. The molecule has 2 rings (SSSR count). The molecule has 0 unspecified atom stereocenters. The Morgan fingerprint density at radius 3 is 2.62 bits per heavy atom. The van der Waals surface area contributed by atoms with Gasteiger partial charge in [-0.05, 0) is 52.7 Å². The van der Waals surface area contributed by atoms with Crippen LogP contribution in [0, 0.1) is 10.1 Å². The number of non-ortho nitro benzene ring substituents is 1. The molecule has 0 saturated heterocycles. The third-order valence-electron chi connectivity index (χ3n) is 3.21. The van der Waals surface area contributed by atoms with Gasteiger partial charge in [0.1, 0.15) is 5.75 Å². The molecule has 0 aromatic heterocycles. The fraction of sp³-hybridized carbons (Fsp3) is 0.125. The average Bonchev–Trinajstić information content (AvgIpc) is 2.59. The summed E-state index contributed by atoms with van der Waals surface area (Å²) < 4.78 is 5.92. The molecule has 1 N–H and O–H groups in total. The Morgan fingerprint density at radius 1 is 1.25 bits per heavy atom. The highest BCUT2D eigenvalue weighted by Gasteiger charge is 2.11. The number of methoxy groups -OCH3 is 1. The summed E-state index contributed by atoms with van der Waals surface area (Å²) in [5.41, 5.74) is 3.78. The maximum absolute atomic E-state index is 12.1. The van der Waals surface area contributed by atoms with Crippen molar-refractivity contribution in [3.63, 3.8) is 0 Å². The molecule has 0 fully saturated rings. The predicted octanol–water partition coefficient (Wildman–Crippen LogP) is 3.52. The summed E-state index contributed by atoms with van der Waals surface area (Å²) in [6, 6.07) is 10.9. The van der Waals surface area contributed by atoms with Gasteiger partial charge in [0, 0.05) is 17.7 Å². The van der Waals surface area contributed by atoms with Gasteiger partial charge in [-0.1, -0.05) is 6.07 Å². The first kappa shape index (κ1) is 17.6. The fourth-order valence-electron chi connectivity index (χ4n) is 1.92. The number of halogens is 1. The minimum absolute atomic E-state index is 0.151. The zero-order valence-corrected chi connectivity index (χ0v) is 14.5. The largest absolute Gasteiger partial charge is 0.496 e. The van der Waals surface area contributed by atoms with Crippen LogP contribution in [0.1, 0.15) is 22.8 Å². The maximum Gasteiger partial charge on any atom is 0.271 e. The summed E-state index contributed by atoms with van der Waals surface area (Å²) in [6.45, 7) is 1.74. The third-order valence-corrected chi connectivity index (χ3v) is 3.83. The molecule has 1 amide bonds. The van der Waals surface area contributed by atoms with Crippen LogP contribution in [-0.4, -0.2) is 23.7 Å². The second-order valence-electron chi connectivity index (χ2n) is 4.79. The molecule has 7 nitrogen and oxygen atoms in total. The van der Waals surface area contributed by atoms with E-state index in [0.717, 1.165) is 10.0 Å². The Kier molecular flexibility index (Phi) is 5.64. The standard InChI is InChI=1S/C16H14BrN3O4/c1-10(11-6-7-15(24-2)14(17)9-11)18-19-16(21)12-4-3-5-13(8-12)20(22)23/h3-9H,1-2H3,(H,19,21)/b18-10-. The smallest absolute Gasteiger partial charge is 0.271 e. The van der Waals surface area contributed by atoms with Crippen LogP contribution in [0.25, 0.3) is 0 Å². The molecular weight excluding hydrogens is 378 g/mol. The topological polar surface area (TPSA) is 93.8 Å². The lowest BCUT2D eigenvalue weighted by Gasteiger charge is -2.06. The SMILES string of the molecule is COc1ccc(/C(C)=N\NC(=O)c2cccc([N+](=O)[O-])c2)cc1Br. The number of nitro benzene ring substituents is 1. The zero-order chi connectivity index (χ0) is 17.7. The summed E-state index contributed by atoms with van der Waals surface area (Å²) in [5.74, 6) is 0.165. The molecule has 24 heavy (non-hydrogen) atoms. The van der Waals surface area contributed by atoms with Crippen molar-refractivity contribution in [2.24, 2.45) is 5.10 Å². The normalized spacial score (nSPS) is 11.0. The van der Waals surface area contributed by atoms with Crippen molar-refractivity contribution in [2.45, 2.75) is 6.92 Å². The van der Waals surface area contributed by atoms with Crippen LogP contribution in [0.2, 0.25) is 0 Å². The lowest BCUT2D eigenvalue weighted by atomic mass is 10.1. The number of benzene rings is 2. The number of carbonyl (C=O) groups excluding carboxylic acids is 1. The summed E-state index contributed by atoms with van der Waals surface area (Å²) in [6.07, 6.45) is 0. The van der Waals surface area contributed by atoms with Crippen LogP contribution < -0.4 is 10.2 Å². The van der Waals surface area contributed by atoms with Crippen molar-refractivity contribution in [1.82, 2.24) is 5.43 Å². The van der Waals surface area contributed by atoms with Gasteiger partial charge in [0.25, 0.3) is 11.6 Å². The van der Waals surface area contributed by atoms with Gasteiger partial charge in [0.15, 0.2) is 0 Å². The van der Waals surface area contributed by atoms with Gasteiger partial charge in [0.05, 0.1) is 22.2 Å². The monoisotopic (exact) mass is 391 g/mol. The Bertz CT molecular complexity index is 821.